The lowest BCUT2D eigenvalue weighted by molar-refractivity contribution is 0.631. The van der Waals surface area contributed by atoms with Crippen molar-refractivity contribution in [3.05, 3.63) is 192 Å². The van der Waals surface area contributed by atoms with E-state index in [4.69, 9.17) is 0 Å². The van der Waals surface area contributed by atoms with Gasteiger partial charge in [0.1, 0.15) is 0 Å². The molecule has 1 aromatic heterocycles. The molecule has 2 heteroatoms. The Balaban J connectivity index is 1.30. The van der Waals surface area contributed by atoms with Gasteiger partial charge >= 0.3 is 0 Å². The Morgan fingerprint density at radius 3 is 1.72 bits per heavy atom. The highest BCUT2D eigenvalue weighted by molar-refractivity contribution is 6.09. The Labute approximate surface area is 295 Å². The van der Waals surface area contributed by atoms with Crippen molar-refractivity contribution < 1.29 is 0 Å². The molecule has 7 aromatic carbocycles. The zero-order chi connectivity index (χ0) is 34.4. The lowest BCUT2D eigenvalue weighted by atomic mass is 9.74. The molecule has 244 valence electrons. The number of rotatable bonds is 7. The van der Waals surface area contributed by atoms with E-state index in [0.717, 1.165) is 11.4 Å². The van der Waals surface area contributed by atoms with Crippen molar-refractivity contribution in [2.24, 2.45) is 0 Å². The van der Waals surface area contributed by atoms with Crippen LogP contribution in [0.2, 0.25) is 0 Å². The minimum Gasteiger partial charge on any atom is -0.310 e. The van der Waals surface area contributed by atoms with Crippen LogP contribution in [0.3, 0.4) is 0 Å². The molecule has 0 N–H and O–H groups in total. The zero-order valence-electron chi connectivity index (χ0n) is 29.5. The standard InChI is InChI=1S/C48H42N2/c1-33-16-9-12-21-42(33)48(4,5)43-22-15-25-45(35(43)3)49(44-31-26-37(32-34(44)2)36-17-7-6-8-18-36)38-27-29-39(30-28-38)50-46-23-13-10-19-40(46)41-20-11-14-24-47(41)50/h6-32H,1-5H3. The smallest absolute Gasteiger partial charge is 0.0541 e. The summed E-state index contributed by atoms with van der Waals surface area (Å²) in [7, 11) is 0. The molecule has 2 nitrogen and oxygen atoms in total. The van der Waals surface area contributed by atoms with Crippen LogP contribution in [0, 0.1) is 20.8 Å². The largest absolute Gasteiger partial charge is 0.310 e. The van der Waals surface area contributed by atoms with Crippen molar-refractivity contribution in [1.82, 2.24) is 4.57 Å². The molecular formula is C48H42N2. The van der Waals surface area contributed by atoms with E-state index in [0.29, 0.717) is 0 Å². The van der Waals surface area contributed by atoms with E-state index in [2.05, 4.69) is 208 Å². The normalized spacial score (nSPS) is 11.7. The van der Waals surface area contributed by atoms with Gasteiger partial charge in [0, 0.05) is 38.9 Å². The molecule has 0 saturated heterocycles. The van der Waals surface area contributed by atoms with Crippen LogP contribution in [-0.4, -0.2) is 4.57 Å². The molecule has 0 aliphatic heterocycles. The number of benzene rings is 7. The molecule has 0 radical (unpaired) electrons. The third-order valence-electron chi connectivity index (χ3n) is 10.5. The summed E-state index contributed by atoms with van der Waals surface area (Å²) in [5, 5.41) is 2.54. The maximum atomic E-state index is 2.45. The van der Waals surface area contributed by atoms with E-state index in [9.17, 15) is 0 Å². The number of hydrogen-bond acceptors (Lipinski definition) is 1. The van der Waals surface area contributed by atoms with Gasteiger partial charge in [-0.25, -0.2) is 0 Å². The second-order valence-electron chi connectivity index (χ2n) is 14.0. The average Bonchev–Trinajstić information content (AvgIpc) is 3.48. The van der Waals surface area contributed by atoms with Gasteiger partial charge in [0.25, 0.3) is 0 Å². The zero-order valence-corrected chi connectivity index (χ0v) is 29.5. The van der Waals surface area contributed by atoms with Gasteiger partial charge in [-0.1, -0.05) is 123 Å². The molecule has 8 aromatic rings. The lowest BCUT2D eigenvalue weighted by Crippen LogP contribution is -2.23. The van der Waals surface area contributed by atoms with Crippen LogP contribution < -0.4 is 4.90 Å². The molecule has 0 fully saturated rings. The molecule has 0 aliphatic carbocycles. The van der Waals surface area contributed by atoms with Gasteiger partial charge in [-0.05, 0) is 114 Å². The molecule has 50 heavy (non-hydrogen) atoms. The van der Waals surface area contributed by atoms with Crippen LogP contribution >= 0.6 is 0 Å². The molecule has 0 atom stereocenters. The SMILES string of the molecule is Cc1cc(-c2ccccc2)ccc1N(c1ccc(-n2c3ccccc3c3ccccc32)cc1)c1cccc(C(C)(C)c2ccccc2C)c1C. The Morgan fingerprint density at radius 2 is 1.06 bits per heavy atom. The topological polar surface area (TPSA) is 8.17 Å². The van der Waals surface area contributed by atoms with Crippen molar-refractivity contribution in [1.29, 1.82) is 0 Å². The first-order chi connectivity index (χ1) is 24.3. The first kappa shape index (κ1) is 31.4. The lowest BCUT2D eigenvalue weighted by Gasteiger charge is -2.34. The second-order valence-corrected chi connectivity index (χ2v) is 14.0. The summed E-state index contributed by atoms with van der Waals surface area (Å²) in [5.74, 6) is 0. The summed E-state index contributed by atoms with van der Waals surface area (Å²) >= 11 is 0. The maximum absolute atomic E-state index is 2.45. The van der Waals surface area contributed by atoms with Crippen molar-refractivity contribution in [3.8, 4) is 16.8 Å². The Bertz CT molecular complexity index is 2430. The van der Waals surface area contributed by atoms with Crippen LogP contribution in [0.5, 0.6) is 0 Å². The third-order valence-corrected chi connectivity index (χ3v) is 10.5. The van der Waals surface area contributed by atoms with E-state index in [1.807, 2.05) is 0 Å². The van der Waals surface area contributed by atoms with Crippen LogP contribution in [-0.2, 0) is 5.41 Å². The predicted octanol–water partition coefficient (Wildman–Crippen LogP) is 13.2. The van der Waals surface area contributed by atoms with Gasteiger partial charge in [0.05, 0.1) is 11.0 Å². The Morgan fingerprint density at radius 1 is 0.460 bits per heavy atom. The van der Waals surface area contributed by atoms with Gasteiger partial charge in [-0.15, -0.1) is 0 Å². The highest BCUT2D eigenvalue weighted by Crippen LogP contribution is 2.44. The highest BCUT2D eigenvalue weighted by Gasteiger charge is 2.29. The molecular weight excluding hydrogens is 605 g/mol. The van der Waals surface area contributed by atoms with Gasteiger partial charge in [-0.2, -0.15) is 0 Å². The first-order valence-electron chi connectivity index (χ1n) is 17.5. The minimum atomic E-state index is -0.177. The molecule has 0 spiro atoms. The van der Waals surface area contributed by atoms with E-state index in [-0.39, 0.29) is 5.41 Å². The summed E-state index contributed by atoms with van der Waals surface area (Å²) in [6.45, 7) is 11.5. The van der Waals surface area contributed by atoms with Crippen molar-refractivity contribution in [3.63, 3.8) is 0 Å². The summed E-state index contributed by atoms with van der Waals surface area (Å²) in [6, 6.07) is 59.6. The number of nitrogens with zero attached hydrogens (tertiary/aromatic N) is 2. The van der Waals surface area contributed by atoms with Crippen molar-refractivity contribution in [2.45, 2.75) is 40.0 Å². The minimum absolute atomic E-state index is 0.177. The fourth-order valence-corrected chi connectivity index (χ4v) is 8.04. The van der Waals surface area contributed by atoms with Crippen LogP contribution in [0.1, 0.15) is 41.7 Å². The van der Waals surface area contributed by atoms with Gasteiger partial charge in [0.15, 0.2) is 0 Å². The van der Waals surface area contributed by atoms with Gasteiger partial charge < -0.3 is 9.47 Å². The second kappa shape index (κ2) is 12.5. The summed E-state index contributed by atoms with van der Waals surface area (Å²) in [4.78, 5) is 2.45. The molecule has 1 heterocycles. The third kappa shape index (κ3) is 5.29. The van der Waals surface area contributed by atoms with Crippen LogP contribution in [0.25, 0.3) is 38.6 Å². The first-order valence-corrected chi connectivity index (χ1v) is 17.5. The summed E-state index contributed by atoms with van der Waals surface area (Å²) in [6.07, 6.45) is 0. The van der Waals surface area contributed by atoms with Crippen molar-refractivity contribution in [2.75, 3.05) is 4.90 Å². The highest BCUT2D eigenvalue weighted by atomic mass is 15.1. The predicted molar refractivity (Wildman–Crippen MR) is 214 cm³/mol. The van der Waals surface area contributed by atoms with Gasteiger partial charge in [-0.3, -0.25) is 0 Å². The maximum Gasteiger partial charge on any atom is 0.0541 e. The van der Waals surface area contributed by atoms with Crippen LogP contribution in [0.15, 0.2) is 164 Å². The summed E-state index contributed by atoms with van der Waals surface area (Å²) < 4.78 is 2.38. The van der Waals surface area contributed by atoms with Gasteiger partial charge in [0.2, 0.25) is 0 Å². The number of aryl methyl sites for hydroxylation is 2. The van der Waals surface area contributed by atoms with E-state index >= 15 is 0 Å². The van der Waals surface area contributed by atoms with Crippen molar-refractivity contribution >= 4 is 38.9 Å². The number of aromatic nitrogens is 1. The molecule has 0 saturated carbocycles. The molecule has 0 aliphatic rings. The average molecular weight is 647 g/mol. The number of anilines is 3. The van der Waals surface area contributed by atoms with E-state index < -0.39 is 0 Å². The number of fused-ring (bicyclic) bond motifs is 3. The fourth-order valence-electron chi connectivity index (χ4n) is 8.04. The fraction of sp³-hybridized carbons (Fsp3) is 0.125. The number of para-hydroxylation sites is 2. The molecule has 8 rings (SSSR count). The monoisotopic (exact) mass is 646 g/mol. The Hall–Kier alpha value is -5.86. The quantitative estimate of drug-likeness (QED) is 0.167. The molecule has 0 amide bonds. The molecule has 0 unspecified atom stereocenters. The van der Waals surface area contributed by atoms with E-state index in [1.165, 1.54) is 72.1 Å². The number of hydrogen-bond donors (Lipinski definition) is 0. The summed E-state index contributed by atoms with van der Waals surface area (Å²) in [5.41, 5.74) is 15.8. The van der Waals surface area contributed by atoms with Crippen LogP contribution in [0.4, 0.5) is 17.1 Å². The van der Waals surface area contributed by atoms with E-state index in [1.54, 1.807) is 0 Å². The Kier molecular flexibility index (Phi) is 7.88. The molecule has 0 bridgehead atoms.